The Bertz CT molecular complexity index is 462. The zero-order valence-electron chi connectivity index (χ0n) is 13.8. The van der Waals surface area contributed by atoms with Gasteiger partial charge in [-0.2, -0.15) is 0 Å². The van der Waals surface area contributed by atoms with Gasteiger partial charge in [0, 0.05) is 35.7 Å². The van der Waals surface area contributed by atoms with Crippen molar-refractivity contribution < 1.29 is 0 Å². The van der Waals surface area contributed by atoms with E-state index in [0.717, 1.165) is 25.6 Å². The summed E-state index contributed by atoms with van der Waals surface area (Å²) >= 11 is 3.70. The minimum atomic E-state index is 0.241. The molecular formula is C18H29BrN2. The third-order valence-corrected chi connectivity index (χ3v) is 5.95. The van der Waals surface area contributed by atoms with Crippen molar-refractivity contribution in [1.29, 1.82) is 0 Å². The first-order chi connectivity index (χ1) is 9.99. The van der Waals surface area contributed by atoms with E-state index in [1.807, 2.05) is 0 Å². The summed E-state index contributed by atoms with van der Waals surface area (Å²) in [5.74, 6) is 0.724. The molecule has 0 bridgehead atoms. The van der Waals surface area contributed by atoms with Gasteiger partial charge in [-0.05, 0) is 30.9 Å². The molecule has 2 rings (SSSR count). The number of halogens is 1. The summed E-state index contributed by atoms with van der Waals surface area (Å²) in [6.45, 7) is 12.6. The van der Waals surface area contributed by atoms with E-state index < -0.39 is 0 Å². The fraction of sp³-hybridized carbons (Fsp3) is 0.667. The predicted molar refractivity (Wildman–Crippen MR) is 94.5 cm³/mol. The van der Waals surface area contributed by atoms with Crippen molar-refractivity contribution in [3.05, 3.63) is 34.3 Å². The van der Waals surface area contributed by atoms with Gasteiger partial charge in [0.25, 0.3) is 0 Å². The highest BCUT2D eigenvalue weighted by atomic mass is 79.9. The Hall–Kier alpha value is -0.380. The average Bonchev–Trinajstić information content (AvgIpc) is 2.49. The number of piperazine rings is 1. The molecule has 3 heteroatoms. The zero-order chi connectivity index (χ0) is 15.5. The summed E-state index contributed by atoms with van der Waals surface area (Å²) in [7, 11) is 0. The summed E-state index contributed by atoms with van der Waals surface area (Å²) in [4.78, 5) is 2.69. The van der Waals surface area contributed by atoms with Crippen molar-refractivity contribution in [2.45, 2.75) is 58.7 Å². The highest BCUT2D eigenvalue weighted by molar-refractivity contribution is 9.10. The van der Waals surface area contributed by atoms with Gasteiger partial charge in [0.1, 0.15) is 0 Å². The number of hydrogen-bond acceptors (Lipinski definition) is 2. The summed E-state index contributed by atoms with van der Waals surface area (Å²) in [5.41, 5.74) is 1.64. The first-order valence-corrected chi connectivity index (χ1v) is 9.01. The number of nitrogens with zero attached hydrogens (tertiary/aromatic N) is 1. The number of hydrogen-bond donors (Lipinski definition) is 1. The van der Waals surface area contributed by atoms with Crippen LogP contribution in [0.2, 0.25) is 0 Å². The van der Waals surface area contributed by atoms with Gasteiger partial charge in [-0.3, -0.25) is 4.90 Å². The molecule has 0 aromatic heterocycles. The van der Waals surface area contributed by atoms with Crippen molar-refractivity contribution in [2.24, 2.45) is 5.92 Å². The third kappa shape index (κ3) is 4.08. The lowest BCUT2D eigenvalue weighted by atomic mass is 9.88. The van der Waals surface area contributed by atoms with E-state index in [1.54, 1.807) is 0 Å². The molecule has 118 valence electrons. The quantitative estimate of drug-likeness (QED) is 0.842. The monoisotopic (exact) mass is 352 g/mol. The highest BCUT2D eigenvalue weighted by Gasteiger charge is 2.36. The molecule has 3 atom stereocenters. The molecule has 1 aromatic carbocycles. The molecule has 0 radical (unpaired) electrons. The Morgan fingerprint density at radius 1 is 1.38 bits per heavy atom. The minimum Gasteiger partial charge on any atom is -0.309 e. The van der Waals surface area contributed by atoms with E-state index in [4.69, 9.17) is 0 Å². The maximum absolute atomic E-state index is 3.79. The van der Waals surface area contributed by atoms with Gasteiger partial charge < -0.3 is 5.32 Å². The van der Waals surface area contributed by atoms with E-state index in [2.05, 4.69) is 78.1 Å². The molecule has 0 aliphatic carbocycles. The summed E-state index contributed by atoms with van der Waals surface area (Å²) < 4.78 is 1.23. The Morgan fingerprint density at radius 3 is 2.71 bits per heavy atom. The Balaban J connectivity index is 2.19. The van der Waals surface area contributed by atoms with E-state index in [1.165, 1.54) is 22.9 Å². The molecule has 1 fully saturated rings. The first kappa shape index (κ1) is 17.0. The van der Waals surface area contributed by atoms with Gasteiger partial charge in [0.05, 0.1) is 0 Å². The lowest BCUT2D eigenvalue weighted by Crippen LogP contribution is -2.63. The van der Waals surface area contributed by atoms with Crippen molar-refractivity contribution >= 4 is 15.9 Å². The van der Waals surface area contributed by atoms with Gasteiger partial charge in [-0.15, -0.1) is 0 Å². The van der Waals surface area contributed by atoms with E-state index in [9.17, 15) is 0 Å². The molecule has 1 aromatic rings. The number of benzene rings is 1. The van der Waals surface area contributed by atoms with Crippen LogP contribution in [0.4, 0.5) is 0 Å². The molecule has 1 aliphatic rings. The van der Waals surface area contributed by atoms with Crippen molar-refractivity contribution in [3.63, 3.8) is 0 Å². The van der Waals surface area contributed by atoms with Gasteiger partial charge in [0.15, 0.2) is 0 Å². The van der Waals surface area contributed by atoms with E-state index in [0.29, 0.717) is 6.04 Å². The lowest BCUT2D eigenvalue weighted by Gasteiger charge is -2.48. The van der Waals surface area contributed by atoms with Crippen molar-refractivity contribution in [2.75, 3.05) is 13.1 Å². The molecule has 21 heavy (non-hydrogen) atoms. The zero-order valence-corrected chi connectivity index (χ0v) is 15.4. The second-order valence-electron chi connectivity index (χ2n) is 6.74. The van der Waals surface area contributed by atoms with Crippen LogP contribution in [-0.2, 0) is 6.54 Å². The van der Waals surface area contributed by atoms with Gasteiger partial charge in [-0.25, -0.2) is 0 Å². The summed E-state index contributed by atoms with van der Waals surface area (Å²) in [6, 6.07) is 9.24. The third-order valence-electron chi connectivity index (χ3n) is 5.17. The van der Waals surface area contributed by atoms with Crippen LogP contribution in [0.3, 0.4) is 0 Å². The number of rotatable bonds is 5. The van der Waals surface area contributed by atoms with E-state index >= 15 is 0 Å². The second kappa shape index (κ2) is 7.26. The standard InChI is InChI=1S/C18H29BrN2/c1-5-14(3)17-11-20-18(4,6-2)13-21(17)12-15-9-7-8-10-16(15)19/h7-10,14,17,20H,5-6,11-13H2,1-4H3. The molecular weight excluding hydrogens is 324 g/mol. The molecule has 0 amide bonds. The maximum atomic E-state index is 3.79. The summed E-state index contributed by atoms with van der Waals surface area (Å²) in [6.07, 6.45) is 2.41. The smallest absolute Gasteiger partial charge is 0.0278 e. The van der Waals surface area contributed by atoms with Crippen LogP contribution in [0.5, 0.6) is 0 Å². The normalized spacial score (nSPS) is 28.5. The number of nitrogens with one attached hydrogen (secondary N) is 1. The molecule has 3 unspecified atom stereocenters. The topological polar surface area (TPSA) is 15.3 Å². The van der Waals surface area contributed by atoms with Crippen LogP contribution in [0.15, 0.2) is 28.7 Å². The lowest BCUT2D eigenvalue weighted by molar-refractivity contribution is 0.0485. The van der Waals surface area contributed by atoms with Crippen LogP contribution in [-0.4, -0.2) is 29.6 Å². The minimum absolute atomic E-state index is 0.241. The van der Waals surface area contributed by atoms with Gasteiger partial charge in [0.2, 0.25) is 0 Å². The van der Waals surface area contributed by atoms with Crippen LogP contribution in [0, 0.1) is 5.92 Å². The van der Waals surface area contributed by atoms with Crippen LogP contribution < -0.4 is 5.32 Å². The molecule has 1 heterocycles. The maximum Gasteiger partial charge on any atom is 0.0278 e. The van der Waals surface area contributed by atoms with Crippen LogP contribution in [0.25, 0.3) is 0 Å². The molecule has 1 aliphatic heterocycles. The molecule has 1 saturated heterocycles. The SMILES string of the molecule is CCC(C)C1CNC(C)(CC)CN1Cc1ccccc1Br. The van der Waals surface area contributed by atoms with Gasteiger partial charge >= 0.3 is 0 Å². The van der Waals surface area contributed by atoms with Gasteiger partial charge in [-0.1, -0.05) is 61.3 Å². The Labute approximate surface area is 138 Å². The largest absolute Gasteiger partial charge is 0.309 e. The summed E-state index contributed by atoms with van der Waals surface area (Å²) in [5, 5.41) is 3.79. The van der Waals surface area contributed by atoms with Crippen molar-refractivity contribution in [1.82, 2.24) is 10.2 Å². The first-order valence-electron chi connectivity index (χ1n) is 8.21. The molecule has 2 nitrogen and oxygen atoms in total. The molecule has 1 N–H and O–H groups in total. The fourth-order valence-corrected chi connectivity index (χ4v) is 3.60. The van der Waals surface area contributed by atoms with Crippen molar-refractivity contribution in [3.8, 4) is 0 Å². The Morgan fingerprint density at radius 2 is 2.10 bits per heavy atom. The van der Waals surface area contributed by atoms with E-state index in [-0.39, 0.29) is 5.54 Å². The average molecular weight is 353 g/mol. The Kier molecular flexibility index (Phi) is 5.87. The fourth-order valence-electron chi connectivity index (χ4n) is 3.19. The predicted octanol–water partition coefficient (Wildman–Crippen LogP) is 4.44. The van der Waals surface area contributed by atoms with Crippen LogP contribution in [0.1, 0.15) is 46.1 Å². The van der Waals surface area contributed by atoms with Crippen LogP contribution >= 0.6 is 15.9 Å². The molecule has 0 saturated carbocycles. The highest BCUT2D eigenvalue weighted by Crippen LogP contribution is 2.27. The molecule has 0 spiro atoms. The second-order valence-corrected chi connectivity index (χ2v) is 7.60.